The van der Waals surface area contributed by atoms with Crippen LogP contribution in [0.5, 0.6) is 0 Å². The lowest BCUT2D eigenvalue weighted by Crippen LogP contribution is -2.46. The number of carbonyl (C=O) groups excluding carboxylic acids is 2. The van der Waals surface area contributed by atoms with Gasteiger partial charge in [0, 0.05) is 30.7 Å². The zero-order valence-corrected chi connectivity index (χ0v) is 11.9. The van der Waals surface area contributed by atoms with Crippen LogP contribution in [0.2, 0.25) is 0 Å². The van der Waals surface area contributed by atoms with E-state index in [0.717, 1.165) is 31.3 Å². The summed E-state index contributed by atoms with van der Waals surface area (Å²) in [4.78, 5) is 25.8. The molecule has 0 aromatic rings. The quantitative estimate of drug-likeness (QED) is 0.822. The highest BCUT2D eigenvalue weighted by Gasteiger charge is 2.27. The van der Waals surface area contributed by atoms with Crippen LogP contribution in [0.4, 0.5) is 4.79 Å². The summed E-state index contributed by atoms with van der Waals surface area (Å²) in [6.45, 7) is 1.19. The Bertz CT molecular complexity index is 423. The molecule has 20 heavy (non-hydrogen) atoms. The van der Waals surface area contributed by atoms with Gasteiger partial charge in [0.15, 0.2) is 0 Å². The highest BCUT2D eigenvalue weighted by Crippen LogP contribution is 2.21. The largest absolute Gasteiger partial charge is 0.350 e. The van der Waals surface area contributed by atoms with Gasteiger partial charge in [0.25, 0.3) is 0 Å². The molecule has 5 heteroatoms. The Balaban J connectivity index is 1.47. The second-order valence-electron chi connectivity index (χ2n) is 6.10. The molecule has 3 amide bonds. The molecule has 2 N–H and O–H groups in total. The maximum atomic E-state index is 12.1. The number of nitrogens with zero attached hydrogens (tertiary/aromatic N) is 1. The first kappa shape index (κ1) is 13.5. The van der Waals surface area contributed by atoms with Crippen molar-refractivity contribution in [2.75, 3.05) is 13.1 Å². The lowest BCUT2D eigenvalue weighted by atomic mass is 10.1. The van der Waals surface area contributed by atoms with Crippen molar-refractivity contribution in [3.63, 3.8) is 0 Å². The van der Waals surface area contributed by atoms with Crippen LogP contribution in [-0.2, 0) is 4.79 Å². The van der Waals surface area contributed by atoms with Gasteiger partial charge in [0.05, 0.1) is 0 Å². The molecule has 2 aliphatic carbocycles. The number of hydrogen-bond donors (Lipinski definition) is 2. The minimum absolute atomic E-state index is 0.0230. The molecule has 0 aromatic heterocycles. The van der Waals surface area contributed by atoms with E-state index in [-0.39, 0.29) is 11.9 Å². The SMILES string of the molecule is O=C(NC1CC1)C1=CCN(C(=O)NC2CCCC2)CC1. The van der Waals surface area contributed by atoms with Crippen molar-refractivity contribution in [3.05, 3.63) is 11.6 Å². The van der Waals surface area contributed by atoms with Crippen LogP contribution in [-0.4, -0.2) is 42.0 Å². The standard InChI is InChI=1S/C15H23N3O2/c19-14(16-13-5-6-13)11-7-9-18(10-8-11)15(20)17-12-3-1-2-4-12/h7,12-13H,1-6,8-10H2,(H,16,19)(H,17,20). The third-order valence-electron chi connectivity index (χ3n) is 4.38. The first-order chi connectivity index (χ1) is 9.72. The molecule has 0 bridgehead atoms. The molecule has 0 spiro atoms. The summed E-state index contributed by atoms with van der Waals surface area (Å²) < 4.78 is 0. The molecule has 1 aliphatic heterocycles. The van der Waals surface area contributed by atoms with Crippen molar-refractivity contribution < 1.29 is 9.59 Å². The van der Waals surface area contributed by atoms with Crippen molar-refractivity contribution >= 4 is 11.9 Å². The molecule has 2 saturated carbocycles. The number of nitrogens with one attached hydrogen (secondary N) is 2. The average Bonchev–Trinajstić information content (AvgIpc) is 3.12. The molecular weight excluding hydrogens is 254 g/mol. The lowest BCUT2D eigenvalue weighted by molar-refractivity contribution is -0.117. The summed E-state index contributed by atoms with van der Waals surface area (Å²) in [5, 5.41) is 6.09. The fourth-order valence-electron chi connectivity index (χ4n) is 2.90. The topological polar surface area (TPSA) is 61.4 Å². The zero-order valence-electron chi connectivity index (χ0n) is 11.9. The van der Waals surface area contributed by atoms with Crippen LogP contribution in [0.1, 0.15) is 44.9 Å². The number of carbonyl (C=O) groups is 2. The van der Waals surface area contributed by atoms with E-state index in [9.17, 15) is 9.59 Å². The summed E-state index contributed by atoms with van der Waals surface area (Å²) in [6.07, 6.45) is 9.41. The van der Waals surface area contributed by atoms with Crippen molar-refractivity contribution in [2.24, 2.45) is 0 Å². The molecular formula is C15H23N3O2. The Morgan fingerprint density at radius 2 is 1.75 bits per heavy atom. The van der Waals surface area contributed by atoms with Crippen LogP contribution in [0.3, 0.4) is 0 Å². The average molecular weight is 277 g/mol. The van der Waals surface area contributed by atoms with E-state index in [4.69, 9.17) is 0 Å². The van der Waals surface area contributed by atoms with E-state index in [1.54, 1.807) is 4.90 Å². The van der Waals surface area contributed by atoms with Gasteiger partial charge in [0.1, 0.15) is 0 Å². The predicted octanol–water partition coefficient (Wildman–Crippen LogP) is 1.55. The van der Waals surface area contributed by atoms with Crippen LogP contribution < -0.4 is 10.6 Å². The molecule has 0 saturated heterocycles. The molecule has 0 aromatic carbocycles. The summed E-state index contributed by atoms with van der Waals surface area (Å²) in [6, 6.07) is 0.771. The molecule has 5 nitrogen and oxygen atoms in total. The molecule has 0 unspecified atom stereocenters. The summed E-state index contributed by atoms with van der Waals surface area (Å²) in [5.41, 5.74) is 0.835. The molecule has 0 radical (unpaired) electrons. The van der Waals surface area contributed by atoms with Gasteiger partial charge in [-0.2, -0.15) is 0 Å². The van der Waals surface area contributed by atoms with E-state index in [1.165, 1.54) is 12.8 Å². The first-order valence-corrected chi connectivity index (χ1v) is 7.78. The number of rotatable bonds is 3. The van der Waals surface area contributed by atoms with Gasteiger partial charge in [-0.05, 0) is 32.1 Å². The minimum atomic E-state index is 0.0230. The fourth-order valence-corrected chi connectivity index (χ4v) is 2.90. The number of urea groups is 1. The van der Waals surface area contributed by atoms with Gasteiger partial charge in [0.2, 0.25) is 5.91 Å². The monoisotopic (exact) mass is 277 g/mol. The van der Waals surface area contributed by atoms with Gasteiger partial charge in [-0.1, -0.05) is 18.9 Å². The van der Waals surface area contributed by atoms with Crippen molar-refractivity contribution in [2.45, 2.75) is 57.0 Å². The lowest BCUT2D eigenvalue weighted by Gasteiger charge is -2.27. The Morgan fingerprint density at radius 1 is 1.05 bits per heavy atom. The summed E-state index contributed by atoms with van der Waals surface area (Å²) in [7, 11) is 0. The number of hydrogen-bond acceptors (Lipinski definition) is 2. The second-order valence-corrected chi connectivity index (χ2v) is 6.10. The van der Waals surface area contributed by atoms with Crippen molar-refractivity contribution in [1.29, 1.82) is 0 Å². The Labute approximate surface area is 119 Å². The normalized spacial score (nSPS) is 23.4. The van der Waals surface area contributed by atoms with E-state index >= 15 is 0 Å². The van der Waals surface area contributed by atoms with Crippen LogP contribution in [0, 0.1) is 0 Å². The van der Waals surface area contributed by atoms with E-state index in [0.29, 0.717) is 31.6 Å². The van der Waals surface area contributed by atoms with Crippen LogP contribution >= 0.6 is 0 Å². The highest BCUT2D eigenvalue weighted by molar-refractivity contribution is 5.94. The highest BCUT2D eigenvalue weighted by atomic mass is 16.2. The Morgan fingerprint density at radius 3 is 2.35 bits per heavy atom. The zero-order chi connectivity index (χ0) is 13.9. The third kappa shape index (κ3) is 3.32. The molecule has 0 atom stereocenters. The predicted molar refractivity (Wildman–Crippen MR) is 76.2 cm³/mol. The minimum Gasteiger partial charge on any atom is -0.350 e. The molecule has 2 fully saturated rings. The van der Waals surface area contributed by atoms with E-state index < -0.39 is 0 Å². The van der Waals surface area contributed by atoms with Crippen LogP contribution in [0.25, 0.3) is 0 Å². The van der Waals surface area contributed by atoms with Gasteiger partial charge < -0.3 is 15.5 Å². The van der Waals surface area contributed by atoms with Gasteiger partial charge >= 0.3 is 6.03 Å². The Hall–Kier alpha value is -1.52. The first-order valence-electron chi connectivity index (χ1n) is 7.78. The summed E-state index contributed by atoms with van der Waals surface area (Å²) in [5.74, 6) is 0.0587. The van der Waals surface area contributed by atoms with Crippen molar-refractivity contribution in [1.82, 2.24) is 15.5 Å². The Kier molecular flexibility index (Phi) is 3.94. The van der Waals surface area contributed by atoms with Gasteiger partial charge in [-0.3, -0.25) is 4.79 Å². The molecule has 1 heterocycles. The van der Waals surface area contributed by atoms with Crippen molar-refractivity contribution in [3.8, 4) is 0 Å². The molecule has 3 rings (SSSR count). The maximum Gasteiger partial charge on any atom is 0.317 e. The van der Waals surface area contributed by atoms with Crippen LogP contribution in [0.15, 0.2) is 11.6 Å². The summed E-state index contributed by atoms with van der Waals surface area (Å²) >= 11 is 0. The van der Waals surface area contributed by atoms with E-state index in [2.05, 4.69) is 10.6 Å². The number of amides is 3. The molecule has 110 valence electrons. The maximum absolute atomic E-state index is 12.1. The molecule has 3 aliphatic rings. The fraction of sp³-hybridized carbons (Fsp3) is 0.733. The smallest absolute Gasteiger partial charge is 0.317 e. The second kappa shape index (κ2) is 5.85. The van der Waals surface area contributed by atoms with Gasteiger partial charge in [-0.15, -0.1) is 0 Å². The third-order valence-corrected chi connectivity index (χ3v) is 4.38. The van der Waals surface area contributed by atoms with Gasteiger partial charge in [-0.25, -0.2) is 4.79 Å². The van der Waals surface area contributed by atoms with E-state index in [1.807, 2.05) is 6.08 Å².